The molecule has 172 valence electrons. The van der Waals surface area contributed by atoms with Crippen LogP contribution in [-0.4, -0.2) is 31.7 Å². The first-order chi connectivity index (χ1) is 14.9. The number of nitrogens with one attached hydrogen (secondary N) is 1. The summed E-state index contributed by atoms with van der Waals surface area (Å²) in [6.45, 7) is 5.01. The van der Waals surface area contributed by atoms with Crippen molar-refractivity contribution < 1.29 is 27.4 Å². The molecule has 2 aromatic rings. The van der Waals surface area contributed by atoms with Gasteiger partial charge in [0.05, 0.1) is 12.6 Å². The minimum Gasteiger partial charge on any atom is -0.489 e. The van der Waals surface area contributed by atoms with Crippen LogP contribution >= 0.6 is 12.4 Å². The molecule has 8 heteroatoms. The molecule has 0 radical (unpaired) electrons. The predicted molar refractivity (Wildman–Crippen MR) is 119 cm³/mol. The fourth-order valence-corrected chi connectivity index (χ4v) is 4.26. The Labute approximate surface area is 191 Å². The van der Waals surface area contributed by atoms with Crippen LogP contribution in [-0.2, 0) is 4.74 Å². The highest BCUT2D eigenvalue weighted by Gasteiger charge is 2.44. The van der Waals surface area contributed by atoms with Crippen LogP contribution in [0.15, 0.2) is 67.3 Å². The van der Waals surface area contributed by atoms with E-state index in [-0.39, 0.29) is 37.4 Å². The molecule has 4 nitrogen and oxygen atoms in total. The van der Waals surface area contributed by atoms with Gasteiger partial charge >= 0.3 is 6.36 Å². The Balaban J connectivity index is 0.00000289. The van der Waals surface area contributed by atoms with Crippen LogP contribution in [0.1, 0.15) is 30.0 Å². The quantitative estimate of drug-likeness (QED) is 0.541. The van der Waals surface area contributed by atoms with E-state index >= 15 is 0 Å². The lowest BCUT2D eigenvalue weighted by molar-refractivity contribution is -0.274. The van der Waals surface area contributed by atoms with Gasteiger partial charge in [-0.15, -0.1) is 25.6 Å². The first-order valence-corrected chi connectivity index (χ1v) is 10.2. The molecule has 0 aliphatic carbocycles. The minimum absolute atomic E-state index is 0. The molecule has 0 amide bonds. The van der Waals surface area contributed by atoms with Gasteiger partial charge in [0.15, 0.2) is 0 Å². The summed E-state index contributed by atoms with van der Waals surface area (Å²) in [5.74, 6) is 0.165. The normalized spacial score (nSPS) is 22.7. The molecule has 2 aliphatic heterocycles. The van der Waals surface area contributed by atoms with Crippen molar-refractivity contribution in [3.63, 3.8) is 0 Å². The van der Waals surface area contributed by atoms with E-state index < -0.39 is 12.0 Å². The van der Waals surface area contributed by atoms with Crippen molar-refractivity contribution in [2.75, 3.05) is 19.8 Å². The number of benzene rings is 2. The summed E-state index contributed by atoms with van der Waals surface area (Å²) in [4.78, 5) is 0. The van der Waals surface area contributed by atoms with E-state index in [1.54, 1.807) is 6.08 Å². The third-order valence-corrected chi connectivity index (χ3v) is 5.52. The molecule has 1 spiro atoms. The monoisotopic (exact) mass is 467 g/mol. The lowest BCUT2D eigenvalue weighted by Gasteiger charge is -2.40. The number of hydrogen-bond donors (Lipinski definition) is 1. The maximum absolute atomic E-state index is 12.8. The number of rotatable bonds is 6. The molecule has 0 unspecified atom stereocenters. The van der Waals surface area contributed by atoms with E-state index in [2.05, 4.69) is 28.8 Å². The largest absolute Gasteiger partial charge is 0.573 e. The Bertz CT molecular complexity index is 965. The molecule has 2 aliphatic rings. The molecule has 2 atom stereocenters. The first-order valence-electron chi connectivity index (χ1n) is 10.2. The lowest BCUT2D eigenvalue weighted by Crippen LogP contribution is -2.47. The van der Waals surface area contributed by atoms with E-state index in [0.717, 1.165) is 30.5 Å². The summed E-state index contributed by atoms with van der Waals surface area (Å²) >= 11 is 0. The summed E-state index contributed by atoms with van der Waals surface area (Å²) < 4.78 is 54.5. The molecule has 0 bridgehead atoms. The van der Waals surface area contributed by atoms with Gasteiger partial charge in [0.2, 0.25) is 0 Å². The number of alkyl halides is 3. The summed E-state index contributed by atoms with van der Waals surface area (Å²) in [7, 11) is 0. The highest BCUT2D eigenvalue weighted by atomic mass is 35.5. The molecular formula is C24H25ClF3NO3. The minimum atomic E-state index is -4.77. The Morgan fingerprint density at radius 1 is 1.19 bits per heavy atom. The van der Waals surface area contributed by atoms with Gasteiger partial charge in [0, 0.05) is 5.56 Å². The zero-order chi connectivity index (χ0) is 21.9. The van der Waals surface area contributed by atoms with E-state index in [1.165, 1.54) is 18.2 Å². The summed E-state index contributed by atoms with van der Waals surface area (Å²) in [5.41, 5.74) is 1.83. The van der Waals surface area contributed by atoms with Crippen molar-refractivity contribution in [2.24, 2.45) is 0 Å². The molecule has 4 rings (SSSR count). The van der Waals surface area contributed by atoms with Crippen molar-refractivity contribution in [1.29, 1.82) is 0 Å². The first kappa shape index (κ1) is 24.2. The Hall–Kier alpha value is -2.48. The summed E-state index contributed by atoms with van der Waals surface area (Å²) in [5, 5.41) is 3.54. The number of piperidine rings is 1. The smallest absolute Gasteiger partial charge is 0.489 e. The van der Waals surface area contributed by atoms with Crippen LogP contribution in [0.5, 0.6) is 11.5 Å². The molecule has 2 aromatic carbocycles. The molecular weight excluding hydrogens is 443 g/mol. The fourth-order valence-electron chi connectivity index (χ4n) is 4.26. The van der Waals surface area contributed by atoms with Gasteiger partial charge in [-0.05, 0) is 54.8 Å². The highest BCUT2D eigenvalue weighted by Crippen LogP contribution is 2.45. The van der Waals surface area contributed by atoms with Gasteiger partial charge in [-0.25, -0.2) is 0 Å². The second-order valence-electron chi connectivity index (χ2n) is 7.62. The molecule has 0 aromatic heterocycles. The average molecular weight is 468 g/mol. The number of ether oxygens (including phenoxy) is 3. The third kappa shape index (κ3) is 5.28. The van der Waals surface area contributed by atoms with E-state index in [4.69, 9.17) is 9.47 Å². The average Bonchev–Trinajstić information content (AvgIpc) is 3.16. The van der Waals surface area contributed by atoms with Gasteiger partial charge in [-0.1, -0.05) is 43.0 Å². The molecule has 1 N–H and O–H groups in total. The van der Waals surface area contributed by atoms with Crippen molar-refractivity contribution in [2.45, 2.75) is 30.8 Å². The molecule has 1 saturated heterocycles. The maximum atomic E-state index is 12.8. The van der Waals surface area contributed by atoms with Gasteiger partial charge in [0.1, 0.15) is 23.7 Å². The van der Waals surface area contributed by atoms with Crippen LogP contribution in [0.4, 0.5) is 13.2 Å². The van der Waals surface area contributed by atoms with Gasteiger partial charge in [-0.2, -0.15) is 0 Å². The molecule has 1 fully saturated rings. The van der Waals surface area contributed by atoms with Crippen LogP contribution < -0.4 is 14.8 Å². The van der Waals surface area contributed by atoms with Crippen molar-refractivity contribution in [3.05, 3.63) is 78.4 Å². The van der Waals surface area contributed by atoms with Crippen LogP contribution in [0.25, 0.3) is 5.57 Å². The van der Waals surface area contributed by atoms with E-state index in [9.17, 15) is 13.2 Å². The van der Waals surface area contributed by atoms with Crippen LogP contribution in [0, 0.1) is 0 Å². The molecule has 32 heavy (non-hydrogen) atoms. The predicted octanol–water partition coefficient (Wildman–Crippen LogP) is 5.85. The standard InChI is InChI=1S/C24H24F3NO3.ClH/c1-2-13-29-21-10-9-19(31-24(25,26)27)14-20(21)18-15-23(30-16-18)11-6-12-28-22(23)17-7-4-3-5-8-17;/h2-5,7-10,14-15,22,28H,1,6,11-13,16H2;1H/t22-,23+;/m0./s1. The van der Waals surface area contributed by atoms with Crippen molar-refractivity contribution >= 4 is 18.0 Å². The fraction of sp³-hybridized carbons (Fsp3) is 0.333. The van der Waals surface area contributed by atoms with Gasteiger partial charge < -0.3 is 19.5 Å². The van der Waals surface area contributed by atoms with E-state index in [0.29, 0.717) is 11.3 Å². The Morgan fingerprint density at radius 3 is 2.69 bits per heavy atom. The van der Waals surface area contributed by atoms with Crippen molar-refractivity contribution in [3.8, 4) is 11.5 Å². The number of halogens is 4. The van der Waals surface area contributed by atoms with Crippen molar-refractivity contribution in [1.82, 2.24) is 5.32 Å². The zero-order valence-electron chi connectivity index (χ0n) is 17.4. The molecule has 2 heterocycles. The second kappa shape index (κ2) is 9.98. The maximum Gasteiger partial charge on any atom is 0.573 e. The zero-order valence-corrected chi connectivity index (χ0v) is 18.2. The Morgan fingerprint density at radius 2 is 1.97 bits per heavy atom. The van der Waals surface area contributed by atoms with Gasteiger partial charge in [-0.3, -0.25) is 0 Å². The summed E-state index contributed by atoms with van der Waals surface area (Å²) in [6.07, 6.45) is 0.592. The van der Waals surface area contributed by atoms with Crippen LogP contribution in [0.3, 0.4) is 0 Å². The second-order valence-corrected chi connectivity index (χ2v) is 7.62. The lowest BCUT2D eigenvalue weighted by atomic mass is 9.81. The van der Waals surface area contributed by atoms with Crippen LogP contribution in [0.2, 0.25) is 0 Å². The van der Waals surface area contributed by atoms with E-state index in [1.807, 2.05) is 24.3 Å². The third-order valence-electron chi connectivity index (χ3n) is 5.52. The summed E-state index contributed by atoms with van der Waals surface area (Å²) in [6, 6.07) is 14.1. The highest BCUT2D eigenvalue weighted by molar-refractivity contribution is 5.85. The number of hydrogen-bond acceptors (Lipinski definition) is 4. The Kier molecular flexibility index (Phi) is 7.54. The topological polar surface area (TPSA) is 39.7 Å². The SMILES string of the molecule is C=CCOc1ccc(OC(F)(F)F)cc1C1=C[C@@]2(CCCN[C@H]2c2ccccc2)OC1.Cl. The molecule has 0 saturated carbocycles. The van der Waals surface area contributed by atoms with Gasteiger partial charge in [0.25, 0.3) is 0 Å².